The molecule has 3 aromatic rings. The molecule has 2 aromatic carbocycles. The van der Waals surface area contributed by atoms with Crippen molar-refractivity contribution >= 4 is 23.2 Å². The van der Waals surface area contributed by atoms with Crippen LogP contribution >= 0.6 is 11.6 Å². The minimum absolute atomic E-state index is 0.175. The first kappa shape index (κ1) is 18.7. The van der Waals surface area contributed by atoms with Gasteiger partial charge < -0.3 is 19.3 Å². The van der Waals surface area contributed by atoms with E-state index in [9.17, 15) is 9.18 Å². The van der Waals surface area contributed by atoms with Gasteiger partial charge in [-0.1, -0.05) is 23.7 Å². The minimum atomic E-state index is -0.375. The van der Waals surface area contributed by atoms with Crippen molar-refractivity contribution in [3.05, 3.63) is 70.7 Å². The molecule has 0 unspecified atom stereocenters. The predicted molar refractivity (Wildman–Crippen MR) is 97.5 cm³/mol. The Bertz CT molecular complexity index is 945. The summed E-state index contributed by atoms with van der Waals surface area (Å²) in [6.07, 6.45) is 0. The summed E-state index contributed by atoms with van der Waals surface area (Å²) in [5.74, 6) is 0.546. The van der Waals surface area contributed by atoms with Gasteiger partial charge in [0, 0.05) is 11.8 Å². The first-order valence-corrected chi connectivity index (χ1v) is 8.40. The third-order valence-electron chi connectivity index (χ3n) is 3.46. The van der Waals surface area contributed by atoms with E-state index >= 15 is 0 Å². The fourth-order valence-corrected chi connectivity index (χ4v) is 2.47. The number of nitrogens with one attached hydrogen (secondary N) is 1. The molecule has 27 heavy (non-hydrogen) atoms. The molecule has 0 saturated heterocycles. The molecule has 0 aliphatic rings. The summed E-state index contributed by atoms with van der Waals surface area (Å²) in [6, 6.07) is 12.5. The van der Waals surface area contributed by atoms with Crippen molar-refractivity contribution in [3.63, 3.8) is 0 Å². The van der Waals surface area contributed by atoms with Gasteiger partial charge in [0.15, 0.2) is 6.61 Å². The van der Waals surface area contributed by atoms with Gasteiger partial charge in [-0.2, -0.15) is 0 Å². The van der Waals surface area contributed by atoms with E-state index in [2.05, 4.69) is 10.5 Å². The SMILES string of the molecule is Cc1cc(OCC(=O)Nc2ccc(OCc3cccc(F)c3)c(Cl)c2)no1. The molecular weight excluding hydrogens is 375 g/mol. The number of aromatic nitrogens is 1. The second-order valence-corrected chi connectivity index (χ2v) is 6.08. The van der Waals surface area contributed by atoms with Crippen LogP contribution in [0.3, 0.4) is 0 Å². The molecule has 8 heteroatoms. The van der Waals surface area contributed by atoms with Gasteiger partial charge in [0.2, 0.25) is 0 Å². The first-order valence-electron chi connectivity index (χ1n) is 8.02. The molecule has 1 amide bonds. The van der Waals surface area contributed by atoms with Gasteiger partial charge in [-0.05, 0) is 48.0 Å². The van der Waals surface area contributed by atoms with E-state index in [1.165, 1.54) is 12.1 Å². The molecule has 1 aromatic heterocycles. The molecule has 0 radical (unpaired) electrons. The number of aryl methyl sites for hydroxylation is 1. The van der Waals surface area contributed by atoms with Gasteiger partial charge >= 0.3 is 0 Å². The molecule has 140 valence electrons. The van der Waals surface area contributed by atoms with E-state index in [0.717, 1.165) is 0 Å². The lowest BCUT2D eigenvalue weighted by Gasteiger charge is -2.11. The van der Waals surface area contributed by atoms with E-state index in [1.54, 1.807) is 43.3 Å². The van der Waals surface area contributed by atoms with Crippen LogP contribution in [0, 0.1) is 12.7 Å². The lowest BCUT2D eigenvalue weighted by molar-refractivity contribution is -0.118. The van der Waals surface area contributed by atoms with Crippen molar-refractivity contribution < 1.29 is 23.2 Å². The average molecular weight is 391 g/mol. The highest BCUT2D eigenvalue weighted by atomic mass is 35.5. The molecule has 1 heterocycles. The average Bonchev–Trinajstić information content (AvgIpc) is 3.05. The monoisotopic (exact) mass is 390 g/mol. The van der Waals surface area contributed by atoms with Crippen LogP contribution in [0.2, 0.25) is 5.02 Å². The van der Waals surface area contributed by atoms with Crippen molar-refractivity contribution in [3.8, 4) is 11.6 Å². The van der Waals surface area contributed by atoms with Gasteiger partial charge in [-0.25, -0.2) is 4.39 Å². The predicted octanol–water partition coefficient (Wildman–Crippen LogP) is 4.37. The number of halogens is 2. The number of carbonyl (C=O) groups is 1. The van der Waals surface area contributed by atoms with E-state index in [0.29, 0.717) is 27.8 Å². The number of carbonyl (C=O) groups excluding carboxylic acids is 1. The topological polar surface area (TPSA) is 73.6 Å². The van der Waals surface area contributed by atoms with Gasteiger partial charge in [0.25, 0.3) is 11.8 Å². The Balaban J connectivity index is 1.53. The molecule has 0 fully saturated rings. The molecular formula is C19H16ClFN2O4. The van der Waals surface area contributed by atoms with Crippen molar-refractivity contribution in [1.29, 1.82) is 0 Å². The first-order chi connectivity index (χ1) is 13.0. The Labute approximate surface area is 159 Å². The summed E-state index contributed by atoms with van der Waals surface area (Å²) in [6.45, 7) is 1.68. The number of hydrogen-bond acceptors (Lipinski definition) is 5. The van der Waals surface area contributed by atoms with Crippen LogP contribution in [-0.4, -0.2) is 17.7 Å². The van der Waals surface area contributed by atoms with E-state index in [1.807, 2.05) is 0 Å². The summed E-state index contributed by atoms with van der Waals surface area (Å²) >= 11 is 6.18. The number of rotatable bonds is 7. The van der Waals surface area contributed by atoms with Gasteiger partial charge in [-0.15, -0.1) is 0 Å². The summed E-state index contributed by atoms with van der Waals surface area (Å²) in [4.78, 5) is 11.9. The van der Waals surface area contributed by atoms with Crippen molar-refractivity contribution in [2.24, 2.45) is 0 Å². The molecule has 0 aliphatic carbocycles. The van der Waals surface area contributed by atoms with E-state index in [-0.39, 0.29) is 30.8 Å². The van der Waals surface area contributed by atoms with Crippen LogP contribution in [0.15, 0.2) is 53.1 Å². The molecule has 3 rings (SSSR count). The fraction of sp³-hybridized carbons (Fsp3) is 0.158. The van der Waals surface area contributed by atoms with Crippen LogP contribution in [0.25, 0.3) is 0 Å². The lowest BCUT2D eigenvalue weighted by Crippen LogP contribution is -2.20. The van der Waals surface area contributed by atoms with Gasteiger partial charge in [0.1, 0.15) is 23.9 Å². The Hall–Kier alpha value is -3.06. The molecule has 6 nitrogen and oxygen atoms in total. The zero-order chi connectivity index (χ0) is 19.2. The van der Waals surface area contributed by atoms with Crippen LogP contribution < -0.4 is 14.8 Å². The molecule has 0 saturated carbocycles. The van der Waals surface area contributed by atoms with Crippen molar-refractivity contribution in [1.82, 2.24) is 5.16 Å². The quantitative estimate of drug-likeness (QED) is 0.648. The lowest BCUT2D eigenvalue weighted by atomic mass is 10.2. The van der Waals surface area contributed by atoms with E-state index in [4.69, 9.17) is 25.6 Å². The van der Waals surface area contributed by atoms with Gasteiger partial charge in [-0.3, -0.25) is 4.79 Å². The Morgan fingerprint density at radius 2 is 2.07 bits per heavy atom. The third kappa shape index (κ3) is 5.46. The fourth-order valence-electron chi connectivity index (χ4n) is 2.23. The van der Waals surface area contributed by atoms with Gasteiger partial charge in [0.05, 0.1) is 5.02 Å². The van der Waals surface area contributed by atoms with Crippen LogP contribution in [-0.2, 0) is 11.4 Å². The number of hydrogen-bond donors (Lipinski definition) is 1. The highest BCUT2D eigenvalue weighted by molar-refractivity contribution is 6.32. The summed E-state index contributed by atoms with van der Waals surface area (Å²) < 4.78 is 28.8. The van der Waals surface area contributed by atoms with E-state index < -0.39 is 0 Å². The minimum Gasteiger partial charge on any atom is -0.487 e. The zero-order valence-electron chi connectivity index (χ0n) is 14.4. The maximum Gasteiger partial charge on any atom is 0.262 e. The van der Waals surface area contributed by atoms with Crippen molar-refractivity contribution in [2.45, 2.75) is 13.5 Å². The zero-order valence-corrected chi connectivity index (χ0v) is 15.1. The maximum absolute atomic E-state index is 13.2. The Morgan fingerprint density at radius 1 is 1.22 bits per heavy atom. The summed E-state index contributed by atoms with van der Waals surface area (Å²) in [7, 11) is 0. The number of ether oxygens (including phenoxy) is 2. The Kier molecular flexibility index (Phi) is 5.93. The summed E-state index contributed by atoms with van der Waals surface area (Å²) in [5.41, 5.74) is 1.17. The van der Waals surface area contributed by atoms with Crippen LogP contribution in [0.1, 0.15) is 11.3 Å². The molecule has 0 bridgehead atoms. The number of benzene rings is 2. The molecule has 1 N–H and O–H groups in total. The highest BCUT2D eigenvalue weighted by Gasteiger charge is 2.09. The standard InChI is InChI=1S/C19H16ClFN2O4/c1-12-7-19(23-27-12)26-11-18(24)22-15-5-6-17(16(20)9-15)25-10-13-3-2-4-14(21)8-13/h2-9H,10-11H2,1H3,(H,22,24). The third-order valence-corrected chi connectivity index (χ3v) is 3.75. The second-order valence-electron chi connectivity index (χ2n) is 5.68. The molecule has 0 aliphatic heterocycles. The summed E-state index contributed by atoms with van der Waals surface area (Å²) in [5, 5.41) is 6.61. The number of anilines is 1. The molecule has 0 spiro atoms. The van der Waals surface area contributed by atoms with Crippen molar-refractivity contribution in [2.75, 3.05) is 11.9 Å². The van der Waals surface area contributed by atoms with Crippen LogP contribution in [0.4, 0.5) is 10.1 Å². The maximum atomic E-state index is 13.2. The Morgan fingerprint density at radius 3 is 2.78 bits per heavy atom. The normalized spacial score (nSPS) is 10.5. The number of nitrogens with zero attached hydrogens (tertiary/aromatic N) is 1. The largest absolute Gasteiger partial charge is 0.487 e. The second kappa shape index (κ2) is 8.55. The number of amides is 1. The highest BCUT2D eigenvalue weighted by Crippen LogP contribution is 2.28. The van der Waals surface area contributed by atoms with Crippen LogP contribution in [0.5, 0.6) is 11.6 Å². The smallest absolute Gasteiger partial charge is 0.262 e. The molecule has 0 atom stereocenters.